The molecule has 0 atom stereocenters. The highest BCUT2D eigenvalue weighted by Gasteiger charge is 2.21. The van der Waals surface area contributed by atoms with Crippen LogP contribution < -0.4 is 0 Å². The number of H-pyrrole nitrogens is 1. The minimum Gasteiger partial charge on any atom is -0.342 e. The van der Waals surface area contributed by atoms with Crippen LogP contribution >= 0.6 is 22.7 Å². The summed E-state index contributed by atoms with van der Waals surface area (Å²) in [6.45, 7) is 0. The minimum atomic E-state index is 0.193. The molecule has 0 saturated carbocycles. The molecule has 3 aromatic heterocycles. The first kappa shape index (κ1) is 17.7. The van der Waals surface area contributed by atoms with Gasteiger partial charge in [0.25, 0.3) is 0 Å². The van der Waals surface area contributed by atoms with Crippen LogP contribution in [0, 0.1) is 0 Å². The molecule has 4 nitrogen and oxygen atoms in total. The lowest BCUT2D eigenvalue weighted by molar-refractivity contribution is 0.641. The fourth-order valence-corrected chi connectivity index (χ4v) is 5.96. The number of nitrogens with zero attached hydrogens (tertiary/aromatic N) is 3. The van der Waals surface area contributed by atoms with Gasteiger partial charge in [-0.3, -0.25) is 0 Å². The van der Waals surface area contributed by atoms with Crippen molar-refractivity contribution in [3.05, 3.63) is 88.6 Å². The first-order valence-corrected chi connectivity index (χ1v) is 11.6. The Morgan fingerprint density at radius 2 is 1.17 bits per heavy atom. The van der Waals surface area contributed by atoms with Crippen molar-refractivity contribution in [3.63, 3.8) is 0 Å². The predicted octanol–water partition coefficient (Wildman–Crippen LogP) is 6.35. The smallest absolute Gasteiger partial charge is 0.111 e. The number of fused-ring (bicyclic) bond motifs is 3. The number of aromatic nitrogens is 4. The van der Waals surface area contributed by atoms with Crippen molar-refractivity contribution in [1.29, 1.82) is 0 Å². The summed E-state index contributed by atoms with van der Waals surface area (Å²) in [6.07, 6.45) is 1.68. The lowest BCUT2D eigenvalue weighted by Crippen LogP contribution is -2.08. The molecule has 3 heterocycles. The third kappa shape index (κ3) is 3.28. The van der Waals surface area contributed by atoms with Gasteiger partial charge in [-0.2, -0.15) is 0 Å². The van der Waals surface area contributed by atoms with E-state index in [0.717, 1.165) is 50.7 Å². The van der Waals surface area contributed by atoms with Gasteiger partial charge in [0.15, 0.2) is 0 Å². The molecule has 0 unspecified atom stereocenters. The van der Waals surface area contributed by atoms with Crippen molar-refractivity contribution in [3.8, 4) is 0 Å². The van der Waals surface area contributed by atoms with Crippen molar-refractivity contribution < 1.29 is 0 Å². The highest BCUT2D eigenvalue weighted by atomic mass is 32.1. The molecule has 0 fully saturated rings. The topological polar surface area (TPSA) is 54.5 Å². The summed E-state index contributed by atoms with van der Waals surface area (Å²) in [6, 6.07) is 24.9. The molecule has 3 aromatic carbocycles. The molecule has 6 aromatic rings. The van der Waals surface area contributed by atoms with E-state index in [1.165, 1.54) is 9.40 Å². The largest absolute Gasteiger partial charge is 0.342 e. The van der Waals surface area contributed by atoms with Gasteiger partial charge in [-0.25, -0.2) is 15.0 Å². The van der Waals surface area contributed by atoms with Gasteiger partial charge in [0.1, 0.15) is 5.82 Å². The molecule has 6 heteroatoms. The number of nitrogens with one attached hydrogen (secondary N) is 1. The quantitative estimate of drug-likeness (QED) is 0.349. The Labute approximate surface area is 181 Å². The SMILES string of the molecule is c1ccc2[nH]c(C(Cc3nc4ccccc4s3)Cc3nc4ccccc4s3)nc2c1. The second kappa shape index (κ2) is 7.31. The van der Waals surface area contributed by atoms with E-state index >= 15 is 0 Å². The third-order valence-electron chi connectivity index (χ3n) is 5.31. The lowest BCUT2D eigenvalue weighted by atomic mass is 10.0. The first-order valence-electron chi connectivity index (χ1n) is 9.95. The Hall–Kier alpha value is -3.09. The molecule has 30 heavy (non-hydrogen) atoms. The van der Waals surface area contributed by atoms with Crippen LogP contribution in [0.15, 0.2) is 72.8 Å². The van der Waals surface area contributed by atoms with Crippen molar-refractivity contribution in [1.82, 2.24) is 19.9 Å². The summed E-state index contributed by atoms with van der Waals surface area (Å²) >= 11 is 3.55. The van der Waals surface area contributed by atoms with Crippen molar-refractivity contribution in [2.45, 2.75) is 18.8 Å². The van der Waals surface area contributed by atoms with Gasteiger partial charge >= 0.3 is 0 Å². The predicted molar refractivity (Wildman–Crippen MR) is 125 cm³/mol. The number of aromatic amines is 1. The Morgan fingerprint density at radius 1 is 0.633 bits per heavy atom. The highest BCUT2D eigenvalue weighted by molar-refractivity contribution is 7.18. The fraction of sp³-hybridized carbons (Fsp3) is 0.125. The van der Waals surface area contributed by atoms with E-state index in [2.05, 4.69) is 53.5 Å². The van der Waals surface area contributed by atoms with Crippen LogP contribution in [0.1, 0.15) is 21.8 Å². The molecular formula is C24H18N4S2. The summed E-state index contributed by atoms with van der Waals surface area (Å²) in [5.41, 5.74) is 4.22. The number of para-hydroxylation sites is 4. The highest BCUT2D eigenvalue weighted by Crippen LogP contribution is 2.32. The molecule has 0 bridgehead atoms. The lowest BCUT2D eigenvalue weighted by Gasteiger charge is -2.11. The Bertz CT molecular complexity index is 1300. The normalized spacial score (nSPS) is 11.9. The molecule has 146 valence electrons. The maximum absolute atomic E-state index is 4.91. The van der Waals surface area contributed by atoms with Gasteiger partial charge in [-0.1, -0.05) is 36.4 Å². The van der Waals surface area contributed by atoms with Gasteiger partial charge in [0.05, 0.1) is 41.5 Å². The number of thiazole rings is 2. The van der Waals surface area contributed by atoms with Crippen LogP contribution in [0.2, 0.25) is 0 Å². The van der Waals surface area contributed by atoms with Crippen LogP contribution in [0.5, 0.6) is 0 Å². The maximum Gasteiger partial charge on any atom is 0.111 e. The summed E-state index contributed by atoms with van der Waals surface area (Å²) in [7, 11) is 0. The fourth-order valence-electron chi connectivity index (χ4n) is 3.87. The van der Waals surface area contributed by atoms with E-state index in [-0.39, 0.29) is 5.92 Å². The van der Waals surface area contributed by atoms with E-state index in [9.17, 15) is 0 Å². The molecule has 0 aliphatic rings. The second-order valence-corrected chi connectivity index (χ2v) is 9.63. The van der Waals surface area contributed by atoms with Gasteiger partial charge in [0, 0.05) is 18.8 Å². The average Bonchev–Trinajstić information content (AvgIpc) is 3.48. The number of benzene rings is 3. The molecule has 0 aliphatic carbocycles. The maximum atomic E-state index is 4.91. The molecule has 0 saturated heterocycles. The van der Waals surface area contributed by atoms with E-state index in [1.54, 1.807) is 22.7 Å². The van der Waals surface area contributed by atoms with Crippen molar-refractivity contribution in [2.24, 2.45) is 0 Å². The number of hydrogen-bond acceptors (Lipinski definition) is 5. The standard InChI is InChI=1S/C24H18N4S2/c1-2-8-17-16(7-1)27-24(28-17)15(13-22-25-18-9-3-5-11-20(18)29-22)14-23-26-19-10-4-6-12-21(19)30-23/h1-12,15H,13-14H2,(H,27,28). The third-order valence-corrected chi connectivity index (χ3v) is 7.43. The number of hydrogen-bond donors (Lipinski definition) is 1. The monoisotopic (exact) mass is 426 g/mol. The van der Waals surface area contributed by atoms with E-state index in [0.29, 0.717) is 0 Å². The van der Waals surface area contributed by atoms with Crippen LogP contribution in [-0.4, -0.2) is 19.9 Å². The average molecular weight is 427 g/mol. The van der Waals surface area contributed by atoms with Gasteiger partial charge in [0.2, 0.25) is 0 Å². The Morgan fingerprint density at radius 3 is 1.73 bits per heavy atom. The van der Waals surface area contributed by atoms with Crippen molar-refractivity contribution in [2.75, 3.05) is 0 Å². The van der Waals surface area contributed by atoms with E-state index in [1.807, 2.05) is 24.3 Å². The number of rotatable bonds is 5. The summed E-state index contributed by atoms with van der Waals surface area (Å²) in [5.74, 6) is 1.20. The molecule has 0 radical (unpaired) electrons. The Kier molecular flexibility index (Phi) is 4.32. The molecule has 1 N–H and O–H groups in total. The van der Waals surface area contributed by atoms with Crippen LogP contribution in [0.4, 0.5) is 0 Å². The van der Waals surface area contributed by atoms with Crippen LogP contribution in [0.25, 0.3) is 31.5 Å². The molecule has 0 spiro atoms. The van der Waals surface area contributed by atoms with Crippen molar-refractivity contribution >= 4 is 54.1 Å². The Balaban J connectivity index is 1.39. The van der Waals surface area contributed by atoms with Gasteiger partial charge < -0.3 is 4.98 Å². The zero-order chi connectivity index (χ0) is 19.9. The van der Waals surface area contributed by atoms with Gasteiger partial charge in [-0.15, -0.1) is 22.7 Å². The first-order chi connectivity index (χ1) is 14.8. The van der Waals surface area contributed by atoms with E-state index in [4.69, 9.17) is 15.0 Å². The zero-order valence-electron chi connectivity index (χ0n) is 16.1. The summed E-state index contributed by atoms with van der Waals surface area (Å²) in [4.78, 5) is 18.2. The van der Waals surface area contributed by atoms with Gasteiger partial charge in [-0.05, 0) is 36.4 Å². The minimum absolute atomic E-state index is 0.193. The summed E-state index contributed by atoms with van der Waals surface area (Å²) in [5, 5.41) is 2.28. The number of imidazole rings is 1. The zero-order valence-corrected chi connectivity index (χ0v) is 17.7. The van der Waals surface area contributed by atoms with Crippen LogP contribution in [-0.2, 0) is 12.8 Å². The van der Waals surface area contributed by atoms with E-state index < -0.39 is 0 Å². The molecule has 6 rings (SSSR count). The molecule has 0 aliphatic heterocycles. The van der Waals surface area contributed by atoms with Crippen LogP contribution in [0.3, 0.4) is 0 Å². The summed E-state index contributed by atoms with van der Waals surface area (Å²) < 4.78 is 2.46. The molecular weight excluding hydrogens is 408 g/mol. The molecule has 0 amide bonds. The second-order valence-electron chi connectivity index (χ2n) is 7.40.